The Balaban J connectivity index is 1.58. The van der Waals surface area contributed by atoms with Gasteiger partial charge < -0.3 is 0 Å². The highest BCUT2D eigenvalue weighted by molar-refractivity contribution is 7.99. The van der Waals surface area contributed by atoms with Crippen LogP contribution < -0.4 is 0 Å². The maximum atomic E-state index is 14.5. The van der Waals surface area contributed by atoms with E-state index in [0.29, 0.717) is 29.0 Å². The number of hydrogen-bond donors (Lipinski definition) is 0. The molecule has 3 aromatic carbocycles. The fourth-order valence-electron chi connectivity index (χ4n) is 7.15. The lowest BCUT2D eigenvalue weighted by atomic mass is 9.58. The summed E-state index contributed by atoms with van der Waals surface area (Å²) in [5.41, 5.74) is 0.879. The minimum atomic E-state index is -1.50. The zero-order valence-electron chi connectivity index (χ0n) is 17.9. The Morgan fingerprint density at radius 3 is 2.00 bits per heavy atom. The Labute approximate surface area is 196 Å². The SMILES string of the molecule is O=C1c2ccccc2C(=O)C12N1CSC[C@H]1[C@H](c1ccccc1)[C@]21Cc2ccccc2C1=O. The number of thioether (sulfide) groups is 1. The second kappa shape index (κ2) is 6.52. The molecule has 4 nitrogen and oxygen atoms in total. The maximum absolute atomic E-state index is 14.5. The van der Waals surface area contributed by atoms with E-state index in [9.17, 15) is 14.4 Å². The van der Waals surface area contributed by atoms with Crippen LogP contribution in [0.5, 0.6) is 0 Å². The van der Waals surface area contributed by atoms with E-state index in [4.69, 9.17) is 0 Å². The minimum Gasteiger partial charge on any atom is -0.293 e. The van der Waals surface area contributed by atoms with Gasteiger partial charge in [0.05, 0.1) is 5.41 Å². The third kappa shape index (κ3) is 2.07. The number of ketones is 3. The van der Waals surface area contributed by atoms with Crippen LogP contribution in [0.25, 0.3) is 0 Å². The average molecular weight is 452 g/mol. The van der Waals surface area contributed by atoms with Crippen molar-refractivity contribution in [2.24, 2.45) is 5.41 Å². The maximum Gasteiger partial charge on any atom is 0.192 e. The summed E-state index contributed by atoms with van der Waals surface area (Å²) in [5.74, 6) is 0.677. The molecule has 0 amide bonds. The molecule has 162 valence electrons. The van der Waals surface area contributed by atoms with Gasteiger partial charge in [-0.3, -0.25) is 19.3 Å². The van der Waals surface area contributed by atoms with Crippen LogP contribution >= 0.6 is 11.8 Å². The smallest absolute Gasteiger partial charge is 0.192 e. The molecule has 0 radical (unpaired) electrons. The van der Waals surface area contributed by atoms with Gasteiger partial charge in [-0.1, -0.05) is 78.9 Å². The van der Waals surface area contributed by atoms with E-state index in [2.05, 4.69) is 17.0 Å². The molecule has 5 heteroatoms. The summed E-state index contributed by atoms with van der Waals surface area (Å²) in [6.07, 6.45) is 0.407. The minimum absolute atomic E-state index is 0.0548. The summed E-state index contributed by atoms with van der Waals surface area (Å²) < 4.78 is 0. The molecule has 3 aromatic rings. The number of Topliss-reactive ketones (excluding diaryl/α,β-unsaturated/α-hetero) is 3. The van der Waals surface area contributed by atoms with Crippen molar-refractivity contribution in [1.29, 1.82) is 0 Å². The van der Waals surface area contributed by atoms with Crippen LogP contribution in [0, 0.1) is 5.41 Å². The van der Waals surface area contributed by atoms with Crippen LogP contribution in [-0.2, 0) is 6.42 Å². The molecule has 7 rings (SSSR count). The molecule has 2 saturated heterocycles. The first-order chi connectivity index (χ1) is 16.1. The van der Waals surface area contributed by atoms with Gasteiger partial charge in [-0.25, -0.2) is 0 Å². The van der Waals surface area contributed by atoms with Crippen LogP contribution in [-0.4, -0.2) is 45.5 Å². The first-order valence-electron chi connectivity index (χ1n) is 11.3. The summed E-state index contributed by atoms with van der Waals surface area (Å²) in [5, 5.41) is 0. The number of nitrogens with zero attached hydrogens (tertiary/aromatic N) is 1. The molecule has 2 heterocycles. The normalized spacial score (nSPS) is 29.2. The van der Waals surface area contributed by atoms with Crippen LogP contribution in [0.15, 0.2) is 78.9 Å². The Kier molecular flexibility index (Phi) is 3.84. The molecular weight excluding hydrogens is 430 g/mol. The van der Waals surface area contributed by atoms with E-state index in [1.165, 1.54) is 0 Å². The molecule has 0 unspecified atom stereocenters. The van der Waals surface area contributed by atoms with Crippen LogP contribution in [0.2, 0.25) is 0 Å². The van der Waals surface area contributed by atoms with Gasteiger partial charge in [-0.05, 0) is 17.5 Å². The molecule has 4 aliphatic rings. The van der Waals surface area contributed by atoms with E-state index in [0.717, 1.165) is 16.9 Å². The van der Waals surface area contributed by atoms with Gasteiger partial charge in [0.15, 0.2) is 22.9 Å². The Bertz CT molecular complexity index is 1330. The Morgan fingerprint density at radius 1 is 0.727 bits per heavy atom. The number of rotatable bonds is 1. The van der Waals surface area contributed by atoms with E-state index in [-0.39, 0.29) is 29.3 Å². The van der Waals surface area contributed by atoms with E-state index in [1.807, 2.05) is 42.5 Å². The van der Waals surface area contributed by atoms with Crippen LogP contribution in [0.3, 0.4) is 0 Å². The standard InChI is InChI=1S/C28H21NO3S/c30-24-19-11-5-4-10-18(19)14-27(24)23(17-8-2-1-3-9-17)22-15-33-16-29(22)28(27)25(31)20-12-6-7-13-21(20)26(28)32/h1-13,22-23H,14-16H2/t22-,23-,27-/m0/s1. The number of benzene rings is 3. The molecule has 3 atom stereocenters. The monoisotopic (exact) mass is 451 g/mol. The Hall–Kier alpha value is -3.02. The van der Waals surface area contributed by atoms with E-state index in [1.54, 1.807) is 36.0 Å². The van der Waals surface area contributed by atoms with Crippen molar-refractivity contribution in [3.8, 4) is 0 Å². The van der Waals surface area contributed by atoms with Crippen molar-refractivity contribution in [1.82, 2.24) is 4.90 Å². The summed E-state index contributed by atoms with van der Waals surface area (Å²) in [6.45, 7) is 0. The lowest BCUT2D eigenvalue weighted by molar-refractivity contribution is 0.0320. The zero-order valence-corrected chi connectivity index (χ0v) is 18.7. The van der Waals surface area contributed by atoms with Crippen molar-refractivity contribution < 1.29 is 14.4 Å². The molecule has 2 spiro atoms. The number of fused-ring (bicyclic) bond motifs is 5. The molecule has 33 heavy (non-hydrogen) atoms. The molecule has 0 saturated carbocycles. The molecule has 2 fully saturated rings. The zero-order chi connectivity index (χ0) is 22.4. The fourth-order valence-corrected chi connectivity index (χ4v) is 8.46. The van der Waals surface area contributed by atoms with Crippen molar-refractivity contribution in [2.75, 3.05) is 11.6 Å². The largest absolute Gasteiger partial charge is 0.293 e. The summed E-state index contributed by atoms with van der Waals surface area (Å²) in [4.78, 5) is 45.4. The third-order valence-corrected chi connectivity index (χ3v) is 9.32. The molecular formula is C28H21NO3S. The summed E-state index contributed by atoms with van der Waals surface area (Å²) in [6, 6.07) is 24.8. The fraction of sp³-hybridized carbons (Fsp3) is 0.250. The lowest BCUT2D eigenvalue weighted by Gasteiger charge is -2.43. The van der Waals surface area contributed by atoms with Crippen LogP contribution in [0.1, 0.15) is 48.1 Å². The van der Waals surface area contributed by atoms with Crippen molar-refractivity contribution in [3.63, 3.8) is 0 Å². The summed E-state index contributed by atoms with van der Waals surface area (Å²) in [7, 11) is 0. The average Bonchev–Trinajstić information content (AvgIpc) is 3.55. The van der Waals surface area contributed by atoms with E-state index < -0.39 is 11.0 Å². The van der Waals surface area contributed by atoms with Gasteiger partial charge in [0, 0.05) is 40.3 Å². The topological polar surface area (TPSA) is 54.5 Å². The third-order valence-electron chi connectivity index (χ3n) is 8.28. The highest BCUT2D eigenvalue weighted by Gasteiger charge is 2.81. The highest BCUT2D eigenvalue weighted by atomic mass is 32.2. The molecule has 2 aliphatic heterocycles. The molecule has 0 bridgehead atoms. The van der Waals surface area contributed by atoms with Gasteiger partial charge in [0.2, 0.25) is 0 Å². The number of carbonyl (C=O) groups excluding carboxylic acids is 3. The highest BCUT2D eigenvalue weighted by Crippen LogP contribution is 2.67. The first kappa shape index (κ1) is 19.4. The molecule has 0 N–H and O–H groups in total. The van der Waals surface area contributed by atoms with Gasteiger partial charge in [0.25, 0.3) is 0 Å². The predicted octanol–water partition coefficient (Wildman–Crippen LogP) is 4.40. The first-order valence-corrected chi connectivity index (χ1v) is 12.5. The second-order valence-electron chi connectivity index (χ2n) is 9.47. The predicted molar refractivity (Wildman–Crippen MR) is 127 cm³/mol. The Morgan fingerprint density at radius 2 is 1.33 bits per heavy atom. The van der Waals surface area contributed by atoms with Crippen LogP contribution in [0.4, 0.5) is 0 Å². The lowest BCUT2D eigenvalue weighted by Crippen LogP contribution is -2.64. The van der Waals surface area contributed by atoms with Crippen molar-refractivity contribution in [2.45, 2.75) is 23.9 Å². The van der Waals surface area contributed by atoms with Gasteiger partial charge in [-0.15, -0.1) is 11.8 Å². The van der Waals surface area contributed by atoms with Crippen molar-refractivity contribution in [3.05, 3.63) is 107 Å². The summed E-state index contributed by atoms with van der Waals surface area (Å²) >= 11 is 1.75. The molecule has 0 aromatic heterocycles. The number of carbonyl (C=O) groups is 3. The van der Waals surface area contributed by atoms with Gasteiger partial charge >= 0.3 is 0 Å². The quantitative estimate of drug-likeness (QED) is 0.514. The van der Waals surface area contributed by atoms with Gasteiger partial charge in [0.1, 0.15) is 0 Å². The second-order valence-corrected chi connectivity index (χ2v) is 10.5. The molecule has 2 aliphatic carbocycles. The van der Waals surface area contributed by atoms with Gasteiger partial charge in [-0.2, -0.15) is 0 Å². The number of hydrogen-bond acceptors (Lipinski definition) is 5. The van der Waals surface area contributed by atoms with Crippen molar-refractivity contribution >= 4 is 29.1 Å². The van der Waals surface area contributed by atoms with E-state index >= 15 is 0 Å².